The maximum atomic E-state index is 11.9. The average Bonchev–Trinajstić information content (AvgIpc) is 2.28. The normalized spacial score (nSPS) is 19.7. The van der Waals surface area contributed by atoms with Crippen molar-refractivity contribution in [1.82, 2.24) is 5.32 Å². The van der Waals surface area contributed by atoms with E-state index in [1.165, 1.54) is 11.1 Å². The molecule has 0 saturated carbocycles. The Morgan fingerprint density at radius 1 is 1.44 bits per heavy atom. The average molecular weight is 246 g/mol. The first-order chi connectivity index (χ1) is 8.39. The molecule has 0 aliphatic heterocycles. The Labute approximate surface area is 109 Å². The molecule has 0 radical (unpaired) electrons. The molecule has 18 heavy (non-hydrogen) atoms. The second-order valence-corrected chi connectivity index (χ2v) is 6.19. The zero-order valence-electron chi connectivity index (χ0n) is 11.4. The molecule has 3 nitrogen and oxygen atoms in total. The standard InChI is InChI=1S/C15H22N2O/c1-15(2,3)13(16)14(18)17-9-11-8-10-6-4-5-7-12(10)11/h4-7,11,13H,8-9,16H2,1-3H3,(H,17,18)/t11?,13-/m1/s1. The fourth-order valence-electron chi connectivity index (χ4n) is 2.27. The molecule has 0 heterocycles. The van der Waals surface area contributed by atoms with E-state index in [-0.39, 0.29) is 11.3 Å². The predicted octanol–water partition coefficient (Wildman–Crippen LogP) is 1.82. The van der Waals surface area contributed by atoms with Gasteiger partial charge in [-0.15, -0.1) is 0 Å². The highest BCUT2D eigenvalue weighted by Gasteiger charge is 2.30. The second kappa shape index (κ2) is 4.73. The van der Waals surface area contributed by atoms with Gasteiger partial charge in [0, 0.05) is 12.5 Å². The first-order valence-corrected chi connectivity index (χ1v) is 6.50. The van der Waals surface area contributed by atoms with Crippen LogP contribution in [0.3, 0.4) is 0 Å². The number of carbonyl (C=O) groups excluding carboxylic acids is 1. The van der Waals surface area contributed by atoms with E-state index < -0.39 is 6.04 Å². The van der Waals surface area contributed by atoms with Crippen LogP contribution in [0.1, 0.15) is 37.8 Å². The fraction of sp³-hybridized carbons (Fsp3) is 0.533. The SMILES string of the molecule is CC(C)(C)[C@H](N)C(=O)NCC1Cc2ccccc21. The monoisotopic (exact) mass is 246 g/mol. The molecule has 1 aliphatic carbocycles. The smallest absolute Gasteiger partial charge is 0.237 e. The number of rotatable bonds is 3. The van der Waals surface area contributed by atoms with Gasteiger partial charge in [-0.25, -0.2) is 0 Å². The molecule has 0 aromatic heterocycles. The van der Waals surface area contributed by atoms with Crippen LogP contribution in [0.15, 0.2) is 24.3 Å². The molecule has 2 atom stereocenters. The highest BCUT2D eigenvalue weighted by Crippen LogP contribution is 2.34. The van der Waals surface area contributed by atoms with E-state index in [0.717, 1.165) is 6.42 Å². The van der Waals surface area contributed by atoms with Crippen molar-refractivity contribution in [3.63, 3.8) is 0 Å². The van der Waals surface area contributed by atoms with Crippen LogP contribution in [0.5, 0.6) is 0 Å². The van der Waals surface area contributed by atoms with Gasteiger partial charge in [-0.2, -0.15) is 0 Å². The van der Waals surface area contributed by atoms with Crippen LogP contribution in [0.25, 0.3) is 0 Å². The molecule has 98 valence electrons. The van der Waals surface area contributed by atoms with E-state index >= 15 is 0 Å². The van der Waals surface area contributed by atoms with Gasteiger partial charge >= 0.3 is 0 Å². The molecule has 1 aromatic rings. The molecule has 1 unspecified atom stereocenters. The molecule has 1 amide bonds. The van der Waals surface area contributed by atoms with Crippen molar-refractivity contribution in [2.75, 3.05) is 6.54 Å². The first kappa shape index (κ1) is 13.1. The summed E-state index contributed by atoms with van der Waals surface area (Å²) < 4.78 is 0. The summed E-state index contributed by atoms with van der Waals surface area (Å²) in [6.45, 7) is 6.64. The Morgan fingerprint density at radius 3 is 2.72 bits per heavy atom. The van der Waals surface area contributed by atoms with Crippen LogP contribution in [-0.4, -0.2) is 18.5 Å². The summed E-state index contributed by atoms with van der Waals surface area (Å²) in [6.07, 6.45) is 1.06. The fourth-order valence-corrected chi connectivity index (χ4v) is 2.27. The molecule has 0 bridgehead atoms. The number of nitrogens with two attached hydrogens (primary N) is 1. The molecule has 1 aromatic carbocycles. The molecular weight excluding hydrogens is 224 g/mol. The summed E-state index contributed by atoms with van der Waals surface area (Å²) in [5.74, 6) is 0.407. The van der Waals surface area contributed by atoms with Crippen molar-refractivity contribution < 1.29 is 4.79 Å². The molecule has 2 rings (SSSR count). The van der Waals surface area contributed by atoms with Crippen molar-refractivity contribution in [2.24, 2.45) is 11.1 Å². The Morgan fingerprint density at radius 2 is 2.11 bits per heavy atom. The Hall–Kier alpha value is -1.35. The van der Waals surface area contributed by atoms with E-state index in [0.29, 0.717) is 12.5 Å². The van der Waals surface area contributed by atoms with Crippen molar-refractivity contribution >= 4 is 5.91 Å². The number of benzene rings is 1. The molecule has 1 aliphatic rings. The predicted molar refractivity (Wildman–Crippen MR) is 73.3 cm³/mol. The zero-order valence-corrected chi connectivity index (χ0v) is 11.4. The van der Waals surface area contributed by atoms with Crippen LogP contribution in [0.2, 0.25) is 0 Å². The molecule has 0 spiro atoms. The molecule has 0 saturated heterocycles. The van der Waals surface area contributed by atoms with Gasteiger partial charge < -0.3 is 11.1 Å². The van der Waals surface area contributed by atoms with Crippen LogP contribution in [0.4, 0.5) is 0 Å². The maximum absolute atomic E-state index is 11.9. The molecule has 0 fully saturated rings. The number of nitrogens with one attached hydrogen (secondary N) is 1. The van der Waals surface area contributed by atoms with Gasteiger partial charge in [-0.1, -0.05) is 45.0 Å². The van der Waals surface area contributed by atoms with Crippen molar-refractivity contribution in [3.05, 3.63) is 35.4 Å². The van der Waals surface area contributed by atoms with E-state index in [2.05, 4.69) is 23.5 Å². The Kier molecular flexibility index (Phi) is 3.44. The van der Waals surface area contributed by atoms with Gasteiger partial charge in [0.1, 0.15) is 0 Å². The highest BCUT2D eigenvalue weighted by molar-refractivity contribution is 5.82. The first-order valence-electron chi connectivity index (χ1n) is 6.50. The lowest BCUT2D eigenvalue weighted by Crippen LogP contribution is -2.49. The van der Waals surface area contributed by atoms with Crippen molar-refractivity contribution in [2.45, 2.75) is 39.2 Å². The summed E-state index contributed by atoms with van der Waals surface area (Å²) in [4.78, 5) is 11.9. The van der Waals surface area contributed by atoms with Gasteiger partial charge in [0.05, 0.1) is 6.04 Å². The highest BCUT2D eigenvalue weighted by atomic mass is 16.2. The summed E-state index contributed by atoms with van der Waals surface area (Å²) in [6, 6.07) is 7.94. The van der Waals surface area contributed by atoms with Crippen molar-refractivity contribution in [3.8, 4) is 0 Å². The lowest BCUT2D eigenvalue weighted by molar-refractivity contribution is -0.124. The van der Waals surface area contributed by atoms with E-state index in [1.54, 1.807) is 0 Å². The number of carbonyl (C=O) groups is 1. The van der Waals surface area contributed by atoms with E-state index in [1.807, 2.05) is 26.8 Å². The minimum Gasteiger partial charge on any atom is -0.354 e. The minimum atomic E-state index is -0.451. The van der Waals surface area contributed by atoms with E-state index in [4.69, 9.17) is 5.73 Å². The summed E-state index contributed by atoms with van der Waals surface area (Å²) >= 11 is 0. The van der Waals surface area contributed by atoms with Crippen LogP contribution in [-0.2, 0) is 11.2 Å². The van der Waals surface area contributed by atoms with Crippen LogP contribution in [0, 0.1) is 5.41 Å². The van der Waals surface area contributed by atoms with Gasteiger partial charge in [0.2, 0.25) is 5.91 Å². The topological polar surface area (TPSA) is 55.1 Å². The Balaban J connectivity index is 1.86. The van der Waals surface area contributed by atoms with Gasteiger partial charge in [-0.05, 0) is 23.0 Å². The second-order valence-electron chi connectivity index (χ2n) is 6.19. The maximum Gasteiger partial charge on any atom is 0.237 e. The lowest BCUT2D eigenvalue weighted by Gasteiger charge is -2.32. The van der Waals surface area contributed by atoms with Gasteiger partial charge in [0.25, 0.3) is 0 Å². The van der Waals surface area contributed by atoms with Gasteiger partial charge in [-0.3, -0.25) is 4.79 Å². The molecule has 3 N–H and O–H groups in total. The van der Waals surface area contributed by atoms with E-state index in [9.17, 15) is 4.79 Å². The lowest BCUT2D eigenvalue weighted by atomic mass is 9.77. The third kappa shape index (κ3) is 2.56. The Bertz CT molecular complexity index is 448. The molecular formula is C15H22N2O. The summed E-state index contributed by atoms with van der Waals surface area (Å²) in [5, 5.41) is 2.97. The van der Waals surface area contributed by atoms with Crippen LogP contribution >= 0.6 is 0 Å². The number of hydrogen-bond donors (Lipinski definition) is 2. The number of fused-ring (bicyclic) bond motifs is 1. The number of hydrogen-bond acceptors (Lipinski definition) is 2. The molecule has 3 heteroatoms. The summed E-state index contributed by atoms with van der Waals surface area (Å²) in [7, 11) is 0. The third-order valence-electron chi connectivity index (χ3n) is 3.70. The zero-order chi connectivity index (χ0) is 13.3. The van der Waals surface area contributed by atoms with Gasteiger partial charge in [0.15, 0.2) is 0 Å². The summed E-state index contributed by atoms with van der Waals surface area (Å²) in [5.41, 5.74) is 8.49. The third-order valence-corrected chi connectivity index (χ3v) is 3.70. The number of amides is 1. The quantitative estimate of drug-likeness (QED) is 0.854. The van der Waals surface area contributed by atoms with Crippen LogP contribution < -0.4 is 11.1 Å². The van der Waals surface area contributed by atoms with Crippen molar-refractivity contribution in [1.29, 1.82) is 0 Å². The largest absolute Gasteiger partial charge is 0.354 e. The minimum absolute atomic E-state index is 0.0492.